The number of allylic oxidation sites excluding steroid dienone is 14. The fourth-order valence-electron chi connectivity index (χ4n) is 8.28. The average molecular weight is 935 g/mol. The maximum Gasteiger partial charge on any atom is 0.306 e. The zero-order valence-electron chi connectivity index (χ0n) is 44.0. The van der Waals surface area contributed by atoms with Gasteiger partial charge in [0.05, 0.1) is 25.2 Å². The molecule has 0 heterocycles. The third kappa shape index (κ3) is 49.3. The maximum absolute atomic E-state index is 13.3. The van der Waals surface area contributed by atoms with Crippen LogP contribution in [0, 0.1) is 0 Å². The molecule has 0 radical (unpaired) electrons. The van der Waals surface area contributed by atoms with Crippen molar-refractivity contribution in [1.82, 2.24) is 5.32 Å². The summed E-state index contributed by atoms with van der Waals surface area (Å²) in [5.41, 5.74) is 0. The fourth-order valence-corrected chi connectivity index (χ4v) is 8.28. The summed E-state index contributed by atoms with van der Waals surface area (Å²) < 4.78 is 5.94. The summed E-state index contributed by atoms with van der Waals surface area (Å²) in [4.78, 5) is 26.3. The van der Waals surface area contributed by atoms with Crippen molar-refractivity contribution in [2.24, 2.45) is 0 Å². The molecular weight excluding hydrogens is 827 g/mol. The van der Waals surface area contributed by atoms with Crippen LogP contribution in [0.15, 0.2) is 85.1 Å². The highest BCUT2D eigenvalue weighted by Crippen LogP contribution is 2.18. The number of nitrogens with one attached hydrogen (secondary N) is 1. The lowest BCUT2D eigenvalue weighted by molar-refractivity contribution is -0.151. The molecule has 1 amide bonds. The van der Waals surface area contributed by atoms with Crippen LogP contribution in [-0.4, -0.2) is 46.9 Å². The van der Waals surface area contributed by atoms with Crippen molar-refractivity contribution in [2.75, 3.05) is 6.61 Å². The second kappa shape index (κ2) is 54.0. The number of rotatable bonds is 50. The van der Waals surface area contributed by atoms with E-state index in [2.05, 4.69) is 86.8 Å². The summed E-state index contributed by atoms with van der Waals surface area (Å²) in [6.45, 7) is 6.39. The predicted octanol–water partition coefficient (Wildman–Crippen LogP) is 17.5. The van der Waals surface area contributed by atoms with Crippen molar-refractivity contribution in [3.8, 4) is 0 Å². The summed E-state index contributed by atoms with van der Waals surface area (Å²) in [5, 5.41) is 23.9. The molecule has 0 fully saturated rings. The van der Waals surface area contributed by atoms with Crippen molar-refractivity contribution in [3.05, 3.63) is 85.1 Å². The summed E-state index contributed by atoms with van der Waals surface area (Å²) in [6.07, 6.45) is 70.6. The molecule has 3 atom stereocenters. The molecule has 0 aromatic rings. The topological polar surface area (TPSA) is 95.9 Å². The minimum atomic E-state index is -0.804. The van der Waals surface area contributed by atoms with Gasteiger partial charge in [-0.1, -0.05) is 266 Å². The molecule has 0 spiro atoms. The van der Waals surface area contributed by atoms with Gasteiger partial charge >= 0.3 is 5.97 Å². The van der Waals surface area contributed by atoms with E-state index in [4.69, 9.17) is 4.74 Å². The Hall–Kier alpha value is -2.96. The molecule has 6 nitrogen and oxygen atoms in total. The molecule has 0 rings (SSSR count). The molecule has 3 N–H and O–H groups in total. The molecule has 67 heavy (non-hydrogen) atoms. The molecule has 386 valence electrons. The molecule has 0 aromatic carbocycles. The maximum atomic E-state index is 13.3. The van der Waals surface area contributed by atoms with Crippen LogP contribution in [0.4, 0.5) is 0 Å². The van der Waals surface area contributed by atoms with E-state index < -0.39 is 18.2 Å². The number of carbonyl (C=O) groups is 2. The van der Waals surface area contributed by atoms with Gasteiger partial charge in [0.15, 0.2) is 0 Å². The molecule has 0 aliphatic rings. The first-order chi connectivity index (χ1) is 33.0. The predicted molar refractivity (Wildman–Crippen MR) is 291 cm³/mol. The Morgan fingerprint density at radius 1 is 0.433 bits per heavy atom. The number of hydrogen-bond acceptors (Lipinski definition) is 5. The fraction of sp³-hybridized carbons (Fsp3) is 0.738. The van der Waals surface area contributed by atoms with E-state index >= 15 is 0 Å². The van der Waals surface area contributed by atoms with E-state index in [1.165, 1.54) is 122 Å². The third-order valence-electron chi connectivity index (χ3n) is 12.6. The smallest absolute Gasteiger partial charge is 0.306 e. The van der Waals surface area contributed by atoms with Gasteiger partial charge in [0, 0.05) is 6.42 Å². The lowest BCUT2D eigenvalue weighted by Gasteiger charge is -2.24. The highest BCUT2D eigenvalue weighted by atomic mass is 16.5. The molecule has 0 saturated heterocycles. The number of esters is 1. The Labute approximate surface area is 414 Å². The summed E-state index contributed by atoms with van der Waals surface area (Å²) in [5.74, 6) is -0.528. The van der Waals surface area contributed by atoms with Crippen LogP contribution in [0.2, 0.25) is 0 Å². The lowest BCUT2D eigenvalue weighted by Crippen LogP contribution is -2.46. The number of ether oxygens (including phenoxy) is 1. The first kappa shape index (κ1) is 64.0. The number of aliphatic hydroxyl groups excluding tert-OH is 2. The van der Waals surface area contributed by atoms with Crippen molar-refractivity contribution >= 4 is 11.9 Å². The third-order valence-corrected chi connectivity index (χ3v) is 12.6. The highest BCUT2D eigenvalue weighted by molar-refractivity contribution is 5.77. The van der Waals surface area contributed by atoms with E-state index in [-0.39, 0.29) is 24.9 Å². The molecule has 0 aliphatic carbocycles. The Morgan fingerprint density at radius 2 is 0.791 bits per heavy atom. The number of hydrogen-bond donors (Lipinski definition) is 3. The first-order valence-corrected chi connectivity index (χ1v) is 28.4. The summed E-state index contributed by atoms with van der Waals surface area (Å²) >= 11 is 0. The molecule has 6 heteroatoms. The van der Waals surface area contributed by atoms with Crippen LogP contribution in [0.3, 0.4) is 0 Å². The van der Waals surface area contributed by atoms with Crippen molar-refractivity contribution in [1.29, 1.82) is 0 Å². The van der Waals surface area contributed by atoms with E-state index in [0.29, 0.717) is 19.3 Å². The van der Waals surface area contributed by atoms with Crippen molar-refractivity contribution in [3.63, 3.8) is 0 Å². The summed E-state index contributed by atoms with van der Waals surface area (Å²) in [7, 11) is 0. The Bertz CT molecular complexity index is 1280. The van der Waals surface area contributed by atoms with Gasteiger partial charge in [-0.15, -0.1) is 0 Å². The van der Waals surface area contributed by atoms with Crippen LogP contribution in [0.1, 0.15) is 265 Å². The standard InChI is InChI=1S/C61H107NO5/c1-4-7-10-13-16-19-22-25-28-30-31-33-36-39-42-45-48-51-54-61(66)67-57(52-49-46-43-40-37-34-32-29-26-23-20-17-14-11-8-5-2)55-60(65)62-58(56-63)59(64)53-50-47-44-41-38-35-27-24-21-18-15-12-9-6-3/h10,13,16,19,22,25,28-34,37,57-59,63-64H,4-9,11-12,14-15,17-18,20-21,23-24,26-27,35-36,38-56H2,1-3H3,(H,62,65)/b13-10+,19-16+,25-22+,30-28+,32-29+,33-31+,37-34+. The van der Waals surface area contributed by atoms with Crippen molar-refractivity contribution in [2.45, 2.75) is 283 Å². The quantitative estimate of drug-likeness (QED) is 0.0321. The molecule has 0 bridgehead atoms. The second-order valence-electron chi connectivity index (χ2n) is 19.1. The largest absolute Gasteiger partial charge is 0.462 e. The van der Waals surface area contributed by atoms with Gasteiger partial charge in [0.1, 0.15) is 6.10 Å². The molecule has 0 aliphatic heterocycles. The van der Waals surface area contributed by atoms with Gasteiger partial charge in [-0.05, 0) is 70.6 Å². The lowest BCUT2D eigenvalue weighted by atomic mass is 10.0. The molecule has 3 unspecified atom stereocenters. The monoisotopic (exact) mass is 934 g/mol. The molecular formula is C61H107NO5. The minimum absolute atomic E-state index is 0.0457. The zero-order chi connectivity index (χ0) is 48.8. The molecule has 0 saturated carbocycles. The Morgan fingerprint density at radius 3 is 1.24 bits per heavy atom. The number of aliphatic hydroxyl groups is 2. The van der Waals surface area contributed by atoms with Gasteiger partial charge in [0.2, 0.25) is 5.91 Å². The Balaban J connectivity index is 4.68. The summed E-state index contributed by atoms with van der Waals surface area (Å²) in [6, 6.07) is -0.721. The number of carbonyl (C=O) groups excluding carboxylic acids is 2. The van der Waals surface area contributed by atoms with E-state index in [9.17, 15) is 19.8 Å². The van der Waals surface area contributed by atoms with Gasteiger partial charge < -0.3 is 20.3 Å². The first-order valence-electron chi connectivity index (χ1n) is 28.4. The molecule has 0 aromatic heterocycles. The number of unbranched alkanes of at least 4 members (excludes halogenated alkanes) is 29. The van der Waals surface area contributed by atoms with E-state index in [1.54, 1.807) is 0 Å². The SMILES string of the molecule is CCC/C=C/C=C/C=C/C=C/C=C/CCCCCCCC(=O)OC(CCCCC/C=C/C=C/CCCCCCCCC)CC(=O)NC(CO)C(O)CCCCCCCCCCCCCCCC. The highest BCUT2D eigenvalue weighted by Gasteiger charge is 2.24. The second-order valence-corrected chi connectivity index (χ2v) is 19.1. The van der Waals surface area contributed by atoms with Gasteiger partial charge in [-0.25, -0.2) is 0 Å². The van der Waals surface area contributed by atoms with Crippen LogP contribution < -0.4 is 5.32 Å². The van der Waals surface area contributed by atoms with Gasteiger partial charge in [-0.2, -0.15) is 0 Å². The van der Waals surface area contributed by atoms with Crippen LogP contribution in [-0.2, 0) is 14.3 Å². The van der Waals surface area contributed by atoms with Crippen LogP contribution in [0.25, 0.3) is 0 Å². The van der Waals surface area contributed by atoms with E-state index in [0.717, 1.165) is 96.3 Å². The minimum Gasteiger partial charge on any atom is -0.462 e. The Kier molecular flexibility index (Phi) is 51.6. The van der Waals surface area contributed by atoms with E-state index in [1.807, 2.05) is 24.3 Å². The van der Waals surface area contributed by atoms with Crippen LogP contribution in [0.5, 0.6) is 0 Å². The van der Waals surface area contributed by atoms with Gasteiger partial charge in [0.25, 0.3) is 0 Å². The average Bonchev–Trinajstić information content (AvgIpc) is 3.32. The van der Waals surface area contributed by atoms with Crippen molar-refractivity contribution < 1.29 is 24.5 Å². The normalized spacial score (nSPS) is 13.8. The van der Waals surface area contributed by atoms with Crippen LogP contribution >= 0.6 is 0 Å². The number of amides is 1. The zero-order valence-corrected chi connectivity index (χ0v) is 44.0. The van der Waals surface area contributed by atoms with Gasteiger partial charge in [-0.3, -0.25) is 9.59 Å².